The smallest absolute Gasteiger partial charge is 0.428 e. The maximum atomic E-state index is 13.0. The van der Waals surface area contributed by atoms with E-state index in [9.17, 15) is 14.5 Å². The first-order valence-electron chi connectivity index (χ1n) is 12.6. The Kier molecular flexibility index (Phi) is 8.68. The van der Waals surface area contributed by atoms with Crippen molar-refractivity contribution < 1.29 is 23.8 Å². The normalized spacial score (nSPS) is 15.1. The number of aromatic hydroxyl groups is 1. The van der Waals surface area contributed by atoms with Gasteiger partial charge in [-0.3, -0.25) is 0 Å². The van der Waals surface area contributed by atoms with Crippen molar-refractivity contribution >= 4 is 8.60 Å². The molecular weight excluding hydrogens is 474 g/mol. The third kappa shape index (κ3) is 6.79. The molecule has 0 radical (unpaired) electrons. The summed E-state index contributed by atoms with van der Waals surface area (Å²) in [4.78, 5) is 10.1. The number of phenols is 1. The van der Waals surface area contributed by atoms with Gasteiger partial charge in [-0.1, -0.05) is 119 Å². The predicted octanol–water partition coefficient (Wildman–Crippen LogP) is 9.23. The van der Waals surface area contributed by atoms with Gasteiger partial charge in [-0.25, -0.2) is 0 Å². The lowest BCUT2D eigenvalue weighted by molar-refractivity contribution is -0.0179. The van der Waals surface area contributed by atoms with E-state index in [0.717, 1.165) is 33.4 Å². The Morgan fingerprint density at radius 3 is 1.50 bits per heavy atom. The first-order chi connectivity index (χ1) is 16.1. The minimum Gasteiger partial charge on any atom is -0.507 e. The molecule has 0 aliphatic carbocycles. The Balaban J connectivity index is 3.00. The van der Waals surface area contributed by atoms with Gasteiger partial charge in [0.1, 0.15) is 11.5 Å². The van der Waals surface area contributed by atoms with Crippen molar-refractivity contribution in [3.05, 3.63) is 57.6 Å². The van der Waals surface area contributed by atoms with Gasteiger partial charge >= 0.3 is 8.60 Å². The number of phenolic OH excluding ortho intramolecular Hbond substituents is 1. The molecule has 0 bridgehead atoms. The monoisotopic (exact) mass is 520 g/mol. The predicted molar refractivity (Wildman–Crippen MR) is 149 cm³/mol. The summed E-state index contributed by atoms with van der Waals surface area (Å²) in [5, 5.41) is 11.6. The van der Waals surface area contributed by atoms with Crippen molar-refractivity contribution in [3.63, 3.8) is 0 Å². The first-order valence-corrected chi connectivity index (χ1v) is 13.7. The van der Waals surface area contributed by atoms with Crippen LogP contribution in [0, 0.1) is 0 Å². The Labute approximate surface area is 219 Å². The van der Waals surface area contributed by atoms with Crippen LogP contribution in [-0.4, -0.2) is 10.00 Å². The fourth-order valence-electron chi connectivity index (χ4n) is 4.32. The molecule has 0 saturated heterocycles. The maximum absolute atomic E-state index is 13.0. The molecule has 2 aromatic carbocycles. The molecule has 0 aliphatic heterocycles. The number of hydrogen-bond acceptors (Lipinski definition) is 4. The summed E-state index contributed by atoms with van der Waals surface area (Å²) < 4.78 is 22.4. The highest BCUT2D eigenvalue weighted by Gasteiger charge is 2.33. The van der Waals surface area contributed by atoms with Crippen molar-refractivity contribution in [2.24, 2.45) is 0 Å². The molecule has 0 heterocycles. The third-order valence-corrected chi connectivity index (χ3v) is 7.22. The van der Waals surface area contributed by atoms with Gasteiger partial charge in [0.15, 0.2) is 0 Å². The van der Waals surface area contributed by atoms with Gasteiger partial charge in [-0.15, -0.1) is 0 Å². The zero-order chi connectivity index (χ0) is 28.0. The topological polar surface area (TPSA) is 58.9 Å². The van der Waals surface area contributed by atoms with Gasteiger partial charge < -0.3 is 14.5 Å². The standard InChI is InChI=1S/C30H46FO4P/c1-18(21-14-19(27(2,3)4)16-23(25(21)32)29(8,9)10)22-15-20(28(5,6)7)17-24(30(11,12)13)26(22)34-36(33)35-31/h14-18,32-33H,1-13H3. The molecule has 202 valence electrons. The van der Waals surface area contributed by atoms with Crippen LogP contribution in [0.1, 0.15) is 129 Å². The van der Waals surface area contributed by atoms with Crippen LogP contribution in [0.2, 0.25) is 0 Å². The van der Waals surface area contributed by atoms with Gasteiger partial charge in [0.25, 0.3) is 0 Å². The van der Waals surface area contributed by atoms with Gasteiger partial charge in [0, 0.05) is 22.6 Å². The lowest BCUT2D eigenvalue weighted by atomic mass is 9.74. The van der Waals surface area contributed by atoms with Crippen molar-refractivity contribution in [1.82, 2.24) is 0 Å². The quantitative estimate of drug-likeness (QED) is 0.386. The molecule has 0 fully saturated rings. The van der Waals surface area contributed by atoms with E-state index in [1.807, 2.05) is 6.92 Å². The Hall–Kier alpha value is -1.68. The molecule has 2 rings (SSSR count). The van der Waals surface area contributed by atoms with E-state index >= 15 is 0 Å². The van der Waals surface area contributed by atoms with Crippen LogP contribution < -0.4 is 4.52 Å². The SMILES string of the molecule is CC(c1cc(C(C)(C)C)cc(C(C)(C)C)c1O)c1cc(C(C)(C)C)cc(C(C)(C)C)c1OP(O)OF. The minimum atomic E-state index is -2.75. The number of rotatable bonds is 5. The van der Waals surface area contributed by atoms with Crippen molar-refractivity contribution in [2.75, 3.05) is 0 Å². The number of hydrogen-bond donors (Lipinski definition) is 2. The number of benzene rings is 2. The Morgan fingerprint density at radius 2 is 1.11 bits per heavy atom. The van der Waals surface area contributed by atoms with Crippen LogP contribution in [0.4, 0.5) is 4.53 Å². The molecule has 0 aliphatic rings. The second-order valence-electron chi connectivity index (χ2n) is 14.0. The lowest BCUT2D eigenvalue weighted by Crippen LogP contribution is -2.20. The fraction of sp³-hybridized carbons (Fsp3) is 0.600. The Morgan fingerprint density at radius 1 is 0.694 bits per heavy atom. The summed E-state index contributed by atoms with van der Waals surface area (Å²) >= 11 is 0. The molecule has 2 N–H and O–H groups in total. The van der Waals surface area contributed by atoms with E-state index in [1.54, 1.807) is 0 Å². The molecule has 0 spiro atoms. The van der Waals surface area contributed by atoms with Crippen molar-refractivity contribution in [3.8, 4) is 11.5 Å². The van der Waals surface area contributed by atoms with Crippen molar-refractivity contribution in [1.29, 1.82) is 0 Å². The summed E-state index contributed by atoms with van der Waals surface area (Å²) in [5.74, 6) is 0.336. The highest BCUT2D eigenvalue weighted by molar-refractivity contribution is 7.40. The minimum absolute atomic E-state index is 0.132. The lowest BCUT2D eigenvalue weighted by Gasteiger charge is -2.32. The van der Waals surface area contributed by atoms with Crippen LogP contribution in [0.5, 0.6) is 11.5 Å². The van der Waals surface area contributed by atoms with Gasteiger partial charge in [0.05, 0.1) is 0 Å². The van der Waals surface area contributed by atoms with E-state index in [2.05, 4.69) is 112 Å². The van der Waals surface area contributed by atoms with Crippen LogP contribution >= 0.6 is 8.60 Å². The van der Waals surface area contributed by atoms with Crippen LogP contribution in [0.15, 0.2) is 24.3 Å². The van der Waals surface area contributed by atoms with E-state index in [4.69, 9.17) is 4.52 Å². The highest BCUT2D eigenvalue weighted by Crippen LogP contribution is 2.50. The van der Waals surface area contributed by atoms with E-state index in [1.165, 1.54) is 0 Å². The molecular formula is C30H46FO4P. The highest BCUT2D eigenvalue weighted by atomic mass is 31.2. The van der Waals surface area contributed by atoms with Gasteiger partial charge in [0.2, 0.25) is 0 Å². The second-order valence-corrected chi connectivity index (χ2v) is 14.8. The van der Waals surface area contributed by atoms with Gasteiger partial charge in [-0.05, 0) is 42.9 Å². The summed E-state index contributed by atoms with van der Waals surface area (Å²) in [6.45, 7) is 27.4. The average Bonchev–Trinajstić information content (AvgIpc) is 2.69. The Bertz CT molecular complexity index is 1080. The second kappa shape index (κ2) is 10.2. The first kappa shape index (κ1) is 30.5. The molecule has 0 aromatic heterocycles. The van der Waals surface area contributed by atoms with E-state index < -0.39 is 8.60 Å². The third-order valence-electron chi connectivity index (χ3n) is 6.77. The van der Waals surface area contributed by atoms with E-state index in [0.29, 0.717) is 5.75 Å². The number of halogens is 1. The zero-order valence-electron chi connectivity index (χ0n) is 24.4. The average molecular weight is 521 g/mol. The summed E-state index contributed by atoms with van der Waals surface area (Å²) in [7, 11) is -2.75. The van der Waals surface area contributed by atoms with Crippen LogP contribution in [0.3, 0.4) is 0 Å². The maximum Gasteiger partial charge on any atom is 0.428 e. The molecule has 0 saturated carbocycles. The van der Waals surface area contributed by atoms with Crippen molar-refractivity contribution in [2.45, 2.75) is 118 Å². The largest absolute Gasteiger partial charge is 0.507 e. The summed E-state index contributed by atoms with van der Waals surface area (Å²) in [5.41, 5.74) is 4.54. The van der Waals surface area contributed by atoms with E-state index in [-0.39, 0.29) is 33.3 Å². The molecule has 0 amide bonds. The summed E-state index contributed by atoms with van der Waals surface area (Å²) in [6.07, 6.45) is 0. The fourth-order valence-corrected chi connectivity index (χ4v) is 4.70. The molecule has 2 atom stereocenters. The molecule has 2 aromatic rings. The van der Waals surface area contributed by atoms with Crippen LogP contribution in [-0.2, 0) is 26.4 Å². The molecule has 4 nitrogen and oxygen atoms in total. The summed E-state index contributed by atoms with van der Waals surface area (Å²) in [6, 6.07) is 8.28. The van der Waals surface area contributed by atoms with Gasteiger partial charge in [-0.2, -0.15) is 0 Å². The molecule has 2 unspecified atom stereocenters. The van der Waals surface area contributed by atoms with Crippen LogP contribution in [0.25, 0.3) is 0 Å². The molecule has 36 heavy (non-hydrogen) atoms. The molecule has 6 heteroatoms. The zero-order valence-corrected chi connectivity index (χ0v) is 25.3.